The van der Waals surface area contributed by atoms with Crippen LogP contribution in [-0.2, 0) is 6.54 Å². The van der Waals surface area contributed by atoms with E-state index in [1.165, 1.54) is 6.07 Å². The lowest BCUT2D eigenvalue weighted by molar-refractivity contribution is 0.241. The van der Waals surface area contributed by atoms with E-state index in [9.17, 15) is 4.39 Å². The molecule has 1 aromatic heterocycles. The lowest BCUT2D eigenvalue weighted by Crippen LogP contribution is -2.30. The fourth-order valence-corrected chi connectivity index (χ4v) is 2.26. The molecule has 0 aliphatic heterocycles. The lowest BCUT2D eigenvalue weighted by atomic mass is 10.1. The fraction of sp³-hybridized carbons (Fsp3) is 0.286. The topological polar surface area (TPSA) is 42.4 Å². The van der Waals surface area contributed by atoms with Crippen LogP contribution in [0.15, 0.2) is 41.2 Å². The maximum atomic E-state index is 13.2. The van der Waals surface area contributed by atoms with Crippen LogP contribution < -0.4 is 5.73 Å². The zero-order valence-corrected chi connectivity index (χ0v) is 11.4. The molecule has 0 spiro atoms. The maximum Gasteiger partial charge on any atom is 0.141 e. The highest BCUT2D eigenvalue weighted by Gasteiger charge is 2.17. The third kappa shape index (κ3) is 3.35. The molecule has 5 heteroatoms. The van der Waals surface area contributed by atoms with Crippen molar-refractivity contribution in [3.05, 3.63) is 58.8 Å². The quantitative estimate of drug-likeness (QED) is 0.916. The summed E-state index contributed by atoms with van der Waals surface area (Å²) in [4.78, 5) is 2.08. The molecule has 1 unspecified atom stereocenters. The van der Waals surface area contributed by atoms with Crippen LogP contribution in [0.4, 0.5) is 4.39 Å². The molecule has 0 aliphatic rings. The predicted octanol–water partition coefficient (Wildman–Crippen LogP) is 3.20. The second kappa shape index (κ2) is 6.19. The van der Waals surface area contributed by atoms with Crippen molar-refractivity contribution in [3.63, 3.8) is 0 Å². The summed E-state index contributed by atoms with van der Waals surface area (Å²) < 4.78 is 18.2. The minimum absolute atomic E-state index is 0.0204. The van der Waals surface area contributed by atoms with Crippen LogP contribution in [-0.4, -0.2) is 18.5 Å². The molecule has 1 heterocycles. The van der Waals surface area contributed by atoms with Crippen molar-refractivity contribution in [1.82, 2.24) is 4.90 Å². The van der Waals surface area contributed by atoms with Crippen LogP contribution in [0.3, 0.4) is 0 Å². The standard InChI is InChI=1S/C14H16ClFN2O/c1-18(8-10-4-5-19-9-10)14(7-17)11-2-3-13(16)12(15)6-11/h2-6,9,14H,7-8,17H2,1H3. The Morgan fingerprint density at radius 1 is 1.42 bits per heavy atom. The molecule has 2 N–H and O–H groups in total. The number of hydrogen-bond acceptors (Lipinski definition) is 3. The number of halogens is 2. The number of nitrogens with two attached hydrogens (primary N) is 1. The number of benzene rings is 1. The van der Waals surface area contributed by atoms with Gasteiger partial charge < -0.3 is 10.2 Å². The third-order valence-corrected chi connectivity index (χ3v) is 3.39. The Morgan fingerprint density at radius 2 is 2.21 bits per heavy atom. The molecule has 2 aromatic rings. The van der Waals surface area contributed by atoms with E-state index < -0.39 is 5.82 Å². The molecule has 0 fully saturated rings. The third-order valence-electron chi connectivity index (χ3n) is 3.10. The van der Waals surface area contributed by atoms with Gasteiger partial charge in [-0.05, 0) is 30.8 Å². The number of hydrogen-bond donors (Lipinski definition) is 1. The van der Waals surface area contributed by atoms with E-state index in [0.29, 0.717) is 13.1 Å². The SMILES string of the molecule is CN(Cc1ccoc1)C(CN)c1ccc(F)c(Cl)c1. The normalized spacial score (nSPS) is 12.9. The lowest BCUT2D eigenvalue weighted by Gasteiger charge is -2.27. The highest BCUT2D eigenvalue weighted by molar-refractivity contribution is 6.30. The molecule has 1 atom stereocenters. The first-order chi connectivity index (χ1) is 9.11. The molecule has 102 valence electrons. The molecular formula is C14H16ClFN2O. The smallest absolute Gasteiger partial charge is 0.141 e. The fourth-order valence-electron chi connectivity index (χ4n) is 2.07. The number of furan rings is 1. The Morgan fingerprint density at radius 3 is 2.79 bits per heavy atom. The van der Waals surface area contributed by atoms with Crippen molar-refractivity contribution in [2.24, 2.45) is 5.73 Å². The number of nitrogens with zero attached hydrogens (tertiary/aromatic N) is 1. The van der Waals surface area contributed by atoms with Gasteiger partial charge in [0.2, 0.25) is 0 Å². The van der Waals surface area contributed by atoms with E-state index in [2.05, 4.69) is 4.90 Å². The highest BCUT2D eigenvalue weighted by atomic mass is 35.5. The summed E-state index contributed by atoms with van der Waals surface area (Å²) >= 11 is 5.81. The number of rotatable bonds is 5. The van der Waals surface area contributed by atoms with Crippen molar-refractivity contribution >= 4 is 11.6 Å². The highest BCUT2D eigenvalue weighted by Crippen LogP contribution is 2.24. The monoisotopic (exact) mass is 282 g/mol. The van der Waals surface area contributed by atoms with Gasteiger partial charge in [-0.2, -0.15) is 0 Å². The van der Waals surface area contributed by atoms with E-state index in [-0.39, 0.29) is 11.1 Å². The van der Waals surface area contributed by atoms with Crippen molar-refractivity contribution in [3.8, 4) is 0 Å². The largest absolute Gasteiger partial charge is 0.472 e. The molecule has 0 bridgehead atoms. The molecule has 0 aliphatic carbocycles. The first kappa shape index (κ1) is 14.1. The van der Waals surface area contributed by atoms with Gasteiger partial charge in [0.25, 0.3) is 0 Å². The van der Waals surface area contributed by atoms with Gasteiger partial charge in [-0.1, -0.05) is 17.7 Å². The molecule has 3 nitrogen and oxygen atoms in total. The van der Waals surface area contributed by atoms with Gasteiger partial charge in [-0.3, -0.25) is 4.90 Å². The summed E-state index contributed by atoms with van der Waals surface area (Å²) in [6.45, 7) is 1.13. The van der Waals surface area contributed by atoms with Gasteiger partial charge in [0.1, 0.15) is 5.82 Å². The van der Waals surface area contributed by atoms with Crippen LogP contribution in [0.1, 0.15) is 17.2 Å². The molecule has 2 rings (SSSR count). The predicted molar refractivity (Wildman–Crippen MR) is 73.4 cm³/mol. The summed E-state index contributed by atoms with van der Waals surface area (Å²) in [5.41, 5.74) is 7.79. The van der Waals surface area contributed by atoms with Gasteiger partial charge >= 0.3 is 0 Å². The first-order valence-electron chi connectivity index (χ1n) is 5.98. The second-order valence-electron chi connectivity index (χ2n) is 4.47. The average Bonchev–Trinajstić information content (AvgIpc) is 2.87. The molecule has 0 radical (unpaired) electrons. The molecule has 19 heavy (non-hydrogen) atoms. The minimum Gasteiger partial charge on any atom is -0.472 e. The molecule has 1 aromatic carbocycles. The molecule has 0 amide bonds. The van der Waals surface area contributed by atoms with Crippen molar-refractivity contribution in [2.75, 3.05) is 13.6 Å². The van der Waals surface area contributed by atoms with E-state index in [1.54, 1.807) is 24.7 Å². The van der Waals surface area contributed by atoms with Crippen molar-refractivity contribution in [1.29, 1.82) is 0 Å². The molecule has 0 saturated heterocycles. The molecule has 0 saturated carbocycles. The Kier molecular flexibility index (Phi) is 4.58. The zero-order valence-electron chi connectivity index (χ0n) is 10.6. The summed E-state index contributed by atoms with van der Waals surface area (Å²) in [6.07, 6.45) is 3.33. The van der Waals surface area contributed by atoms with Gasteiger partial charge in [-0.15, -0.1) is 0 Å². The summed E-state index contributed by atoms with van der Waals surface area (Å²) in [7, 11) is 1.96. The van der Waals surface area contributed by atoms with E-state index in [1.807, 2.05) is 13.1 Å². The summed E-state index contributed by atoms with van der Waals surface area (Å²) in [6, 6.07) is 6.59. The maximum absolute atomic E-state index is 13.2. The summed E-state index contributed by atoms with van der Waals surface area (Å²) in [5, 5.41) is 0.118. The van der Waals surface area contributed by atoms with Crippen molar-refractivity contribution < 1.29 is 8.81 Å². The average molecular weight is 283 g/mol. The van der Waals surface area contributed by atoms with Crippen LogP contribution in [0, 0.1) is 5.82 Å². The van der Waals surface area contributed by atoms with E-state index >= 15 is 0 Å². The van der Waals surface area contributed by atoms with Crippen LogP contribution in [0.2, 0.25) is 5.02 Å². The van der Waals surface area contributed by atoms with Gasteiger partial charge in [0.15, 0.2) is 0 Å². The Hall–Kier alpha value is -1.36. The molecular weight excluding hydrogens is 267 g/mol. The Labute approximate surface area is 116 Å². The van der Waals surface area contributed by atoms with Crippen LogP contribution in [0.25, 0.3) is 0 Å². The van der Waals surface area contributed by atoms with Crippen molar-refractivity contribution in [2.45, 2.75) is 12.6 Å². The van der Waals surface area contributed by atoms with E-state index in [0.717, 1.165) is 11.1 Å². The minimum atomic E-state index is -0.418. The number of likely N-dealkylation sites (N-methyl/N-ethyl adjacent to an activating group) is 1. The first-order valence-corrected chi connectivity index (χ1v) is 6.36. The van der Waals surface area contributed by atoms with Gasteiger partial charge in [-0.25, -0.2) is 4.39 Å². The second-order valence-corrected chi connectivity index (χ2v) is 4.88. The Balaban J connectivity index is 2.16. The Bertz CT molecular complexity index is 530. The van der Waals surface area contributed by atoms with E-state index in [4.69, 9.17) is 21.8 Å². The zero-order chi connectivity index (χ0) is 13.8. The van der Waals surface area contributed by atoms with Gasteiger partial charge in [0.05, 0.1) is 17.5 Å². The van der Waals surface area contributed by atoms with Crippen LogP contribution >= 0.6 is 11.6 Å². The van der Waals surface area contributed by atoms with Crippen LogP contribution in [0.5, 0.6) is 0 Å². The summed E-state index contributed by atoms with van der Waals surface area (Å²) in [5.74, 6) is -0.418. The van der Waals surface area contributed by atoms with Gasteiger partial charge in [0, 0.05) is 24.7 Å².